The second kappa shape index (κ2) is 6.85. The number of benzene rings is 1. The average Bonchev–Trinajstić information content (AvgIpc) is 2.32. The first-order valence-electron chi connectivity index (χ1n) is 5.33. The summed E-state index contributed by atoms with van der Waals surface area (Å²) in [6.45, 7) is 0. The maximum atomic E-state index is 13.2. The molecule has 1 atom stereocenters. The zero-order valence-corrected chi connectivity index (χ0v) is 11.6. The van der Waals surface area contributed by atoms with Crippen molar-refractivity contribution in [3.63, 3.8) is 0 Å². The van der Waals surface area contributed by atoms with Crippen molar-refractivity contribution in [2.75, 3.05) is 5.32 Å². The molecule has 0 radical (unpaired) electrons. The van der Waals surface area contributed by atoms with Crippen molar-refractivity contribution in [2.45, 2.75) is 12.5 Å². The molecular weight excluding hydrogens is 337 g/mol. The van der Waals surface area contributed by atoms with Crippen molar-refractivity contribution in [1.29, 1.82) is 0 Å². The Morgan fingerprint density at radius 2 is 2.05 bits per heavy atom. The van der Waals surface area contributed by atoms with E-state index in [0.29, 0.717) is 0 Å². The van der Waals surface area contributed by atoms with Crippen molar-refractivity contribution in [3.05, 3.63) is 28.5 Å². The maximum Gasteiger partial charge on any atom is 0.326 e. The molecule has 7 nitrogen and oxygen atoms in total. The normalized spacial score (nSPS) is 11.5. The van der Waals surface area contributed by atoms with E-state index in [2.05, 4.69) is 21.2 Å². The van der Waals surface area contributed by atoms with E-state index in [0.717, 1.165) is 6.07 Å². The topological polar surface area (TPSA) is 122 Å². The van der Waals surface area contributed by atoms with Crippen LogP contribution in [-0.2, 0) is 9.59 Å². The number of primary amides is 1. The Morgan fingerprint density at radius 1 is 1.40 bits per heavy atom. The number of carbonyl (C=O) groups is 3. The average molecular weight is 348 g/mol. The standard InChI is InChI=1S/C11H11BrFN3O4/c12-6-2-1-5(3-7(6)13)15-11(20)16-8(10(18)19)4-9(14)17/h1-3,8H,4H2,(H2,14,17)(H,18,19)(H2,15,16,20)/t8-/m1/s1. The van der Waals surface area contributed by atoms with Crippen molar-refractivity contribution in [3.8, 4) is 0 Å². The van der Waals surface area contributed by atoms with E-state index in [1.807, 2.05) is 5.32 Å². The molecule has 1 aromatic rings. The molecule has 9 heteroatoms. The Hall–Kier alpha value is -2.16. The summed E-state index contributed by atoms with van der Waals surface area (Å²) in [5.74, 6) is -2.86. The van der Waals surface area contributed by atoms with Gasteiger partial charge in [-0.3, -0.25) is 4.79 Å². The van der Waals surface area contributed by atoms with Gasteiger partial charge in [-0.05, 0) is 34.1 Å². The van der Waals surface area contributed by atoms with E-state index in [9.17, 15) is 18.8 Å². The van der Waals surface area contributed by atoms with Gasteiger partial charge < -0.3 is 21.5 Å². The van der Waals surface area contributed by atoms with Crippen molar-refractivity contribution < 1.29 is 23.9 Å². The summed E-state index contributed by atoms with van der Waals surface area (Å²) in [6.07, 6.45) is -0.544. The first-order chi connectivity index (χ1) is 9.29. The van der Waals surface area contributed by atoms with Crippen LogP contribution in [0.15, 0.2) is 22.7 Å². The number of carbonyl (C=O) groups excluding carboxylic acids is 2. The highest BCUT2D eigenvalue weighted by atomic mass is 79.9. The van der Waals surface area contributed by atoms with Crippen LogP contribution in [0.2, 0.25) is 0 Å². The van der Waals surface area contributed by atoms with Gasteiger partial charge in [-0.2, -0.15) is 0 Å². The van der Waals surface area contributed by atoms with Crippen LogP contribution in [0.1, 0.15) is 6.42 Å². The number of amides is 3. The fourth-order valence-corrected chi connectivity index (χ4v) is 1.55. The molecule has 0 saturated heterocycles. The molecule has 0 aliphatic heterocycles. The molecule has 108 valence electrons. The summed E-state index contributed by atoms with van der Waals surface area (Å²) in [7, 11) is 0. The lowest BCUT2D eigenvalue weighted by Crippen LogP contribution is -2.45. The molecule has 0 heterocycles. The summed E-state index contributed by atoms with van der Waals surface area (Å²) in [6, 6.07) is 1.50. The van der Waals surface area contributed by atoms with Crippen LogP contribution in [0.3, 0.4) is 0 Å². The van der Waals surface area contributed by atoms with Crippen molar-refractivity contribution in [2.24, 2.45) is 5.73 Å². The molecule has 0 aromatic heterocycles. The lowest BCUT2D eigenvalue weighted by molar-refractivity contribution is -0.140. The summed E-state index contributed by atoms with van der Waals surface area (Å²) in [5.41, 5.74) is 5.00. The highest BCUT2D eigenvalue weighted by molar-refractivity contribution is 9.10. The molecule has 3 amide bonds. The highest BCUT2D eigenvalue weighted by Crippen LogP contribution is 2.19. The molecule has 0 saturated carbocycles. The number of nitrogens with one attached hydrogen (secondary N) is 2. The summed E-state index contributed by atoms with van der Waals surface area (Å²) in [5, 5.41) is 13.1. The van der Waals surface area contributed by atoms with Crippen LogP contribution >= 0.6 is 15.9 Å². The molecule has 0 bridgehead atoms. The first-order valence-corrected chi connectivity index (χ1v) is 6.12. The predicted molar refractivity (Wildman–Crippen MR) is 71.5 cm³/mol. The van der Waals surface area contributed by atoms with E-state index >= 15 is 0 Å². The number of carboxylic acid groups (broad SMARTS) is 1. The molecule has 0 unspecified atom stereocenters. The third kappa shape index (κ3) is 4.84. The third-order valence-electron chi connectivity index (χ3n) is 2.19. The van der Waals surface area contributed by atoms with Gasteiger partial charge in [0.15, 0.2) is 0 Å². The monoisotopic (exact) mass is 347 g/mol. The summed E-state index contributed by atoms with van der Waals surface area (Å²) >= 11 is 2.95. The summed E-state index contributed by atoms with van der Waals surface area (Å²) in [4.78, 5) is 33.0. The molecule has 20 heavy (non-hydrogen) atoms. The van der Waals surface area contributed by atoms with Crippen LogP contribution in [0.5, 0.6) is 0 Å². The van der Waals surface area contributed by atoms with Crippen LogP contribution in [0, 0.1) is 5.82 Å². The number of urea groups is 1. The summed E-state index contributed by atoms with van der Waals surface area (Å²) < 4.78 is 13.4. The lowest BCUT2D eigenvalue weighted by atomic mass is 10.2. The quantitative estimate of drug-likeness (QED) is 0.635. The number of hydrogen-bond acceptors (Lipinski definition) is 3. The van der Waals surface area contributed by atoms with Gasteiger partial charge in [-0.1, -0.05) is 0 Å². The van der Waals surface area contributed by atoms with E-state index in [-0.39, 0.29) is 10.2 Å². The van der Waals surface area contributed by atoms with Gasteiger partial charge in [-0.25, -0.2) is 14.0 Å². The zero-order chi connectivity index (χ0) is 15.3. The predicted octanol–water partition coefficient (Wildman–Crippen LogP) is 1.04. The Kier molecular flexibility index (Phi) is 5.44. The van der Waals surface area contributed by atoms with Gasteiger partial charge in [0.05, 0.1) is 10.9 Å². The Bertz CT molecular complexity index is 552. The van der Waals surface area contributed by atoms with Crippen molar-refractivity contribution >= 4 is 39.5 Å². The minimum Gasteiger partial charge on any atom is -0.480 e. The SMILES string of the molecule is NC(=O)C[C@@H](NC(=O)Nc1ccc(Br)c(F)c1)C(=O)O. The third-order valence-corrected chi connectivity index (χ3v) is 2.83. The maximum absolute atomic E-state index is 13.2. The fourth-order valence-electron chi connectivity index (χ4n) is 1.30. The van der Waals surface area contributed by atoms with Crippen LogP contribution in [-0.4, -0.2) is 29.1 Å². The number of carboxylic acids is 1. The molecule has 0 aliphatic rings. The van der Waals surface area contributed by atoms with Gasteiger partial charge in [0, 0.05) is 5.69 Å². The van der Waals surface area contributed by atoms with Crippen LogP contribution in [0.4, 0.5) is 14.9 Å². The number of nitrogens with two attached hydrogens (primary N) is 1. The van der Waals surface area contributed by atoms with Gasteiger partial charge in [0.25, 0.3) is 0 Å². The Balaban J connectivity index is 2.67. The van der Waals surface area contributed by atoms with Gasteiger partial charge in [0.1, 0.15) is 11.9 Å². The number of hydrogen-bond donors (Lipinski definition) is 4. The van der Waals surface area contributed by atoms with Crippen LogP contribution < -0.4 is 16.4 Å². The zero-order valence-electron chi connectivity index (χ0n) is 10.0. The van der Waals surface area contributed by atoms with Crippen LogP contribution in [0.25, 0.3) is 0 Å². The second-order valence-electron chi connectivity index (χ2n) is 3.79. The van der Waals surface area contributed by atoms with E-state index in [1.165, 1.54) is 12.1 Å². The fraction of sp³-hybridized carbons (Fsp3) is 0.182. The van der Waals surface area contributed by atoms with E-state index in [1.54, 1.807) is 0 Å². The van der Waals surface area contributed by atoms with Crippen molar-refractivity contribution in [1.82, 2.24) is 5.32 Å². The smallest absolute Gasteiger partial charge is 0.326 e. The van der Waals surface area contributed by atoms with Gasteiger partial charge in [0.2, 0.25) is 5.91 Å². The van der Waals surface area contributed by atoms with Gasteiger partial charge in [-0.15, -0.1) is 0 Å². The minimum absolute atomic E-state index is 0.131. The Labute approximate surface area is 121 Å². The van der Waals surface area contributed by atoms with E-state index in [4.69, 9.17) is 10.8 Å². The number of rotatable bonds is 5. The van der Waals surface area contributed by atoms with Gasteiger partial charge >= 0.3 is 12.0 Å². The minimum atomic E-state index is -1.45. The van der Waals surface area contributed by atoms with E-state index < -0.39 is 36.2 Å². The largest absolute Gasteiger partial charge is 0.480 e. The highest BCUT2D eigenvalue weighted by Gasteiger charge is 2.22. The second-order valence-corrected chi connectivity index (χ2v) is 4.64. The lowest BCUT2D eigenvalue weighted by Gasteiger charge is -2.13. The molecule has 0 fully saturated rings. The molecule has 0 spiro atoms. The first kappa shape index (κ1) is 15.9. The number of aliphatic carboxylic acids is 1. The number of halogens is 2. The Morgan fingerprint density at radius 3 is 2.55 bits per heavy atom. The molecule has 1 aromatic carbocycles. The molecular formula is C11H11BrFN3O4. The molecule has 0 aliphatic carbocycles. The molecule has 5 N–H and O–H groups in total. The molecule has 1 rings (SSSR count). The number of anilines is 1.